The molecule has 0 aliphatic carbocycles. The van der Waals surface area contributed by atoms with Gasteiger partial charge in [-0.15, -0.1) is 0 Å². The maximum Gasteiger partial charge on any atom is 0.256 e. The molecule has 0 radical (unpaired) electrons. The molecule has 2 aromatic carbocycles. The Bertz CT molecular complexity index is 966. The molecule has 0 saturated heterocycles. The fraction of sp³-hybridized carbons (Fsp3) is 0.263. The summed E-state index contributed by atoms with van der Waals surface area (Å²) in [6.45, 7) is 4.04. The van der Waals surface area contributed by atoms with Crippen molar-refractivity contribution in [3.8, 4) is 11.5 Å². The third kappa shape index (κ3) is 3.62. The van der Waals surface area contributed by atoms with Crippen LogP contribution in [0.25, 0.3) is 11.1 Å². The molecule has 1 N–H and O–H groups in total. The Hall–Kier alpha value is -2.29. The molecule has 0 aliphatic heterocycles. The van der Waals surface area contributed by atoms with Gasteiger partial charge in [0.25, 0.3) is 5.91 Å². The second kappa shape index (κ2) is 7.53. The molecule has 7 heteroatoms. The molecule has 0 fully saturated rings. The monoisotopic (exact) mass is 466 g/mol. The molecule has 0 saturated carbocycles. The highest BCUT2D eigenvalue weighted by atomic mass is 127. The van der Waals surface area contributed by atoms with Crippen LogP contribution in [0.3, 0.4) is 0 Å². The van der Waals surface area contributed by atoms with Gasteiger partial charge in [0.2, 0.25) is 0 Å². The molecule has 0 unspecified atom stereocenters. The van der Waals surface area contributed by atoms with E-state index in [0.29, 0.717) is 39.7 Å². The van der Waals surface area contributed by atoms with Crippen LogP contribution in [0.1, 0.15) is 36.0 Å². The summed E-state index contributed by atoms with van der Waals surface area (Å²) >= 11 is 2.10. The lowest BCUT2D eigenvalue weighted by Gasteiger charge is -2.12. The Kier molecular flexibility index (Phi) is 5.36. The number of aromatic nitrogens is 1. The molecule has 0 spiro atoms. The number of anilines is 1. The minimum atomic E-state index is -0.234. The van der Waals surface area contributed by atoms with Crippen molar-refractivity contribution in [2.75, 3.05) is 19.5 Å². The highest BCUT2D eigenvalue weighted by Crippen LogP contribution is 2.32. The number of carbonyl (C=O) groups excluding carboxylic acids is 1. The topological polar surface area (TPSA) is 73.6 Å². The summed E-state index contributed by atoms with van der Waals surface area (Å²) in [5, 5.41) is 2.90. The van der Waals surface area contributed by atoms with E-state index in [1.54, 1.807) is 31.4 Å². The number of nitrogens with one attached hydrogen (secondary N) is 1. The Morgan fingerprint density at radius 3 is 2.50 bits per heavy atom. The van der Waals surface area contributed by atoms with Crippen molar-refractivity contribution in [3.05, 3.63) is 45.4 Å². The van der Waals surface area contributed by atoms with Crippen LogP contribution in [0, 0.1) is 3.57 Å². The van der Waals surface area contributed by atoms with Crippen LogP contribution in [0.15, 0.2) is 34.7 Å². The first-order valence-electron chi connectivity index (χ1n) is 8.06. The lowest BCUT2D eigenvalue weighted by molar-refractivity contribution is 0.102. The van der Waals surface area contributed by atoms with Gasteiger partial charge in [0.05, 0.1) is 19.8 Å². The Labute approximate surface area is 165 Å². The molecule has 0 aliphatic rings. The molecule has 136 valence electrons. The first-order chi connectivity index (χ1) is 12.4. The van der Waals surface area contributed by atoms with Crippen molar-refractivity contribution in [2.24, 2.45) is 0 Å². The summed E-state index contributed by atoms with van der Waals surface area (Å²) in [6, 6.07) is 8.84. The third-order valence-electron chi connectivity index (χ3n) is 3.87. The van der Waals surface area contributed by atoms with Gasteiger partial charge in [-0.05, 0) is 52.9 Å². The van der Waals surface area contributed by atoms with E-state index in [0.717, 1.165) is 3.57 Å². The number of hydrogen-bond donors (Lipinski definition) is 1. The highest BCUT2D eigenvalue weighted by Gasteiger charge is 2.16. The Morgan fingerprint density at radius 2 is 1.85 bits per heavy atom. The fourth-order valence-electron chi connectivity index (χ4n) is 2.50. The van der Waals surface area contributed by atoms with Crippen LogP contribution in [-0.4, -0.2) is 25.1 Å². The van der Waals surface area contributed by atoms with E-state index in [2.05, 4.69) is 32.9 Å². The number of carbonyl (C=O) groups is 1. The van der Waals surface area contributed by atoms with Crippen molar-refractivity contribution in [2.45, 2.75) is 19.8 Å². The molecular weight excluding hydrogens is 447 g/mol. The molecule has 1 aromatic heterocycles. The van der Waals surface area contributed by atoms with Crippen LogP contribution < -0.4 is 14.8 Å². The van der Waals surface area contributed by atoms with E-state index < -0.39 is 0 Å². The molecule has 3 rings (SSSR count). The van der Waals surface area contributed by atoms with E-state index in [1.165, 1.54) is 7.11 Å². The molecule has 1 heterocycles. The van der Waals surface area contributed by atoms with Gasteiger partial charge >= 0.3 is 0 Å². The Morgan fingerprint density at radius 1 is 1.15 bits per heavy atom. The quantitative estimate of drug-likeness (QED) is 0.546. The second-order valence-electron chi connectivity index (χ2n) is 6.03. The molecule has 6 nitrogen and oxygen atoms in total. The zero-order valence-corrected chi connectivity index (χ0v) is 17.1. The van der Waals surface area contributed by atoms with Gasteiger partial charge in [0.1, 0.15) is 5.52 Å². The maximum absolute atomic E-state index is 12.7. The number of nitrogens with zero attached hydrogens (tertiary/aromatic N) is 1. The van der Waals surface area contributed by atoms with Crippen LogP contribution in [0.5, 0.6) is 11.5 Å². The molecule has 3 aromatic rings. The van der Waals surface area contributed by atoms with Gasteiger partial charge in [0, 0.05) is 15.2 Å². The van der Waals surface area contributed by atoms with Crippen molar-refractivity contribution >= 4 is 45.3 Å². The summed E-state index contributed by atoms with van der Waals surface area (Å²) in [7, 11) is 3.10. The number of fused-ring (bicyclic) bond motifs is 1. The van der Waals surface area contributed by atoms with Crippen LogP contribution in [-0.2, 0) is 0 Å². The van der Waals surface area contributed by atoms with E-state index >= 15 is 0 Å². The van der Waals surface area contributed by atoms with Crippen LogP contribution in [0.4, 0.5) is 5.69 Å². The summed E-state index contributed by atoms with van der Waals surface area (Å²) in [4.78, 5) is 17.2. The molecular formula is C19H19IN2O4. The standard InChI is InChI=1S/C19H19IN2O4/c1-10(2)19-22-14-7-11(5-6-15(14)26-19)21-18(23)12-8-16(24-3)17(25-4)9-13(12)20/h5-10H,1-4H3,(H,21,23). The smallest absolute Gasteiger partial charge is 0.256 e. The van der Waals surface area contributed by atoms with Gasteiger partial charge < -0.3 is 19.2 Å². The molecule has 26 heavy (non-hydrogen) atoms. The van der Waals surface area contributed by atoms with Gasteiger partial charge in [-0.2, -0.15) is 0 Å². The summed E-state index contributed by atoms with van der Waals surface area (Å²) < 4.78 is 17.0. The maximum atomic E-state index is 12.7. The first kappa shape index (κ1) is 18.5. The molecule has 0 atom stereocenters. The zero-order valence-electron chi connectivity index (χ0n) is 14.9. The number of benzene rings is 2. The first-order valence-corrected chi connectivity index (χ1v) is 9.14. The van der Waals surface area contributed by atoms with Crippen molar-refractivity contribution in [1.82, 2.24) is 4.98 Å². The minimum Gasteiger partial charge on any atom is -0.493 e. The van der Waals surface area contributed by atoms with Gasteiger partial charge in [-0.25, -0.2) is 4.98 Å². The zero-order chi connectivity index (χ0) is 18.8. The van der Waals surface area contributed by atoms with Crippen molar-refractivity contribution in [1.29, 1.82) is 0 Å². The lowest BCUT2D eigenvalue weighted by Crippen LogP contribution is -2.14. The summed E-state index contributed by atoms with van der Waals surface area (Å²) in [5.74, 6) is 1.74. The number of halogens is 1. The second-order valence-corrected chi connectivity index (χ2v) is 7.19. The number of methoxy groups -OCH3 is 2. The number of amides is 1. The van der Waals surface area contributed by atoms with E-state index in [1.807, 2.05) is 19.9 Å². The normalized spacial score (nSPS) is 11.0. The predicted molar refractivity (Wildman–Crippen MR) is 108 cm³/mol. The van der Waals surface area contributed by atoms with E-state index in [-0.39, 0.29) is 11.8 Å². The minimum absolute atomic E-state index is 0.203. The summed E-state index contributed by atoms with van der Waals surface area (Å²) in [5.41, 5.74) is 2.57. The highest BCUT2D eigenvalue weighted by molar-refractivity contribution is 14.1. The van der Waals surface area contributed by atoms with Crippen LogP contribution in [0.2, 0.25) is 0 Å². The SMILES string of the molecule is COc1cc(I)c(C(=O)Nc2ccc3oc(C(C)C)nc3c2)cc1OC. The van der Waals surface area contributed by atoms with E-state index in [4.69, 9.17) is 13.9 Å². The predicted octanol–water partition coefficient (Wildman–Crippen LogP) is 4.83. The van der Waals surface area contributed by atoms with E-state index in [9.17, 15) is 4.79 Å². The van der Waals surface area contributed by atoms with Gasteiger partial charge in [-0.3, -0.25) is 4.79 Å². The number of rotatable bonds is 5. The Balaban J connectivity index is 1.89. The third-order valence-corrected chi connectivity index (χ3v) is 4.77. The van der Waals surface area contributed by atoms with Crippen molar-refractivity contribution < 1.29 is 18.7 Å². The average Bonchev–Trinajstić information content (AvgIpc) is 3.05. The van der Waals surface area contributed by atoms with Crippen LogP contribution >= 0.6 is 22.6 Å². The number of ether oxygens (including phenoxy) is 2. The average molecular weight is 466 g/mol. The van der Waals surface area contributed by atoms with Gasteiger partial charge in [-0.1, -0.05) is 13.8 Å². The summed E-state index contributed by atoms with van der Waals surface area (Å²) in [6.07, 6.45) is 0. The van der Waals surface area contributed by atoms with Gasteiger partial charge in [0.15, 0.2) is 23.0 Å². The number of hydrogen-bond acceptors (Lipinski definition) is 5. The van der Waals surface area contributed by atoms with Crippen molar-refractivity contribution in [3.63, 3.8) is 0 Å². The molecule has 0 bridgehead atoms. The molecule has 1 amide bonds. The number of oxazole rings is 1. The fourth-order valence-corrected chi connectivity index (χ4v) is 3.18. The lowest BCUT2D eigenvalue weighted by atomic mass is 10.1. The largest absolute Gasteiger partial charge is 0.493 e.